The Morgan fingerprint density at radius 3 is 2.48 bits per heavy atom. The molecular weight excluding hydrogens is 436 g/mol. The van der Waals surface area contributed by atoms with Crippen molar-refractivity contribution in [2.45, 2.75) is 23.9 Å². The molecule has 4 rings (SSSR count). The lowest BCUT2D eigenvalue weighted by molar-refractivity contribution is 0.0993. The summed E-state index contributed by atoms with van der Waals surface area (Å²) < 4.78 is 12.6. The maximum atomic E-state index is 13.2. The van der Waals surface area contributed by atoms with Crippen LogP contribution in [-0.4, -0.2) is 45.0 Å². The first-order valence-electron chi connectivity index (χ1n) is 10.4. The van der Waals surface area contributed by atoms with Gasteiger partial charge in [0.25, 0.3) is 0 Å². The Balaban J connectivity index is 1.63. The summed E-state index contributed by atoms with van der Waals surface area (Å²) in [4.78, 5) is 17.4. The summed E-state index contributed by atoms with van der Waals surface area (Å²) in [6, 6.07) is 19.1. The van der Waals surface area contributed by atoms with E-state index >= 15 is 0 Å². The molecule has 0 saturated carbocycles. The van der Waals surface area contributed by atoms with Crippen molar-refractivity contribution in [3.8, 4) is 22.9 Å². The largest absolute Gasteiger partial charge is 0.493 e. The van der Waals surface area contributed by atoms with Crippen molar-refractivity contribution < 1.29 is 14.3 Å². The number of aromatic nitrogens is 4. The summed E-state index contributed by atoms with van der Waals surface area (Å²) in [5.41, 5.74) is 2.53. The fourth-order valence-electron chi connectivity index (χ4n) is 3.43. The first-order chi connectivity index (χ1) is 16.1. The SMILES string of the molecule is COc1ccc(C(=O)C(C)Sc2nnc(-c3cccnc3)n2Cc2ccccc2)cc1OC. The van der Waals surface area contributed by atoms with Crippen LogP contribution in [0.4, 0.5) is 0 Å². The van der Waals surface area contributed by atoms with Gasteiger partial charge in [0.2, 0.25) is 0 Å². The van der Waals surface area contributed by atoms with Crippen LogP contribution in [-0.2, 0) is 6.54 Å². The van der Waals surface area contributed by atoms with E-state index in [0.29, 0.717) is 34.6 Å². The van der Waals surface area contributed by atoms with Crippen molar-refractivity contribution in [2.75, 3.05) is 14.2 Å². The maximum absolute atomic E-state index is 13.2. The molecule has 7 nitrogen and oxygen atoms in total. The molecule has 0 N–H and O–H groups in total. The van der Waals surface area contributed by atoms with Crippen LogP contribution in [0.5, 0.6) is 11.5 Å². The molecule has 0 saturated heterocycles. The first-order valence-corrected chi connectivity index (χ1v) is 11.3. The van der Waals surface area contributed by atoms with Gasteiger partial charge in [0.1, 0.15) is 0 Å². The van der Waals surface area contributed by atoms with Gasteiger partial charge in [-0.05, 0) is 42.8 Å². The van der Waals surface area contributed by atoms with E-state index in [4.69, 9.17) is 9.47 Å². The highest BCUT2D eigenvalue weighted by Crippen LogP contribution is 2.32. The van der Waals surface area contributed by atoms with E-state index < -0.39 is 0 Å². The van der Waals surface area contributed by atoms with Crippen LogP contribution in [0.3, 0.4) is 0 Å². The van der Waals surface area contributed by atoms with E-state index in [0.717, 1.165) is 11.1 Å². The fourth-order valence-corrected chi connectivity index (χ4v) is 4.35. The Hall–Kier alpha value is -3.65. The maximum Gasteiger partial charge on any atom is 0.192 e. The second-order valence-electron chi connectivity index (χ2n) is 7.31. The summed E-state index contributed by atoms with van der Waals surface area (Å²) in [6.45, 7) is 2.45. The Morgan fingerprint density at radius 2 is 1.79 bits per heavy atom. The number of Topliss-reactive ketones (excluding diaryl/α,β-unsaturated/α-hetero) is 1. The van der Waals surface area contributed by atoms with Crippen LogP contribution in [0.25, 0.3) is 11.4 Å². The van der Waals surface area contributed by atoms with Gasteiger partial charge in [-0.2, -0.15) is 0 Å². The molecule has 4 aromatic rings. The molecule has 0 spiro atoms. The summed E-state index contributed by atoms with van der Waals surface area (Å²) in [6.07, 6.45) is 3.49. The number of benzene rings is 2. The van der Waals surface area contributed by atoms with Crippen molar-refractivity contribution in [1.29, 1.82) is 0 Å². The number of nitrogens with zero attached hydrogens (tertiary/aromatic N) is 4. The van der Waals surface area contributed by atoms with Crippen molar-refractivity contribution in [2.24, 2.45) is 0 Å². The second-order valence-corrected chi connectivity index (χ2v) is 8.62. The number of hydrogen-bond donors (Lipinski definition) is 0. The van der Waals surface area contributed by atoms with Crippen molar-refractivity contribution in [3.63, 3.8) is 0 Å². The Labute approximate surface area is 196 Å². The zero-order chi connectivity index (χ0) is 23.2. The van der Waals surface area contributed by atoms with Crippen LogP contribution in [0.1, 0.15) is 22.8 Å². The molecule has 1 unspecified atom stereocenters. The highest BCUT2D eigenvalue weighted by atomic mass is 32.2. The summed E-state index contributed by atoms with van der Waals surface area (Å²) in [7, 11) is 3.12. The molecule has 168 valence electrons. The molecule has 0 aliphatic carbocycles. The number of rotatable bonds is 9. The standard InChI is InChI=1S/C25H24N4O3S/c1-17(23(30)19-11-12-21(31-2)22(14-19)32-3)33-25-28-27-24(20-10-7-13-26-15-20)29(25)16-18-8-5-4-6-9-18/h4-15,17H,16H2,1-3H3. The van der Waals surface area contributed by atoms with Crippen LogP contribution >= 0.6 is 11.8 Å². The predicted molar refractivity (Wildman–Crippen MR) is 128 cm³/mol. The van der Waals surface area contributed by atoms with Gasteiger partial charge in [0.05, 0.1) is 26.0 Å². The molecule has 33 heavy (non-hydrogen) atoms. The van der Waals surface area contributed by atoms with Gasteiger partial charge in [-0.15, -0.1) is 10.2 Å². The summed E-state index contributed by atoms with van der Waals surface area (Å²) in [5, 5.41) is 9.12. The average Bonchev–Trinajstić information content (AvgIpc) is 3.25. The molecular formula is C25H24N4O3S. The minimum atomic E-state index is -0.386. The normalized spacial score (nSPS) is 11.7. The van der Waals surface area contributed by atoms with Gasteiger partial charge in [0.15, 0.2) is 28.3 Å². The van der Waals surface area contributed by atoms with Crippen molar-refractivity contribution >= 4 is 17.5 Å². The van der Waals surface area contributed by atoms with Gasteiger partial charge < -0.3 is 9.47 Å². The van der Waals surface area contributed by atoms with E-state index in [2.05, 4.69) is 27.3 Å². The number of methoxy groups -OCH3 is 2. The van der Waals surface area contributed by atoms with Gasteiger partial charge in [-0.3, -0.25) is 14.3 Å². The monoisotopic (exact) mass is 460 g/mol. The zero-order valence-electron chi connectivity index (χ0n) is 18.6. The number of carbonyl (C=O) groups is 1. The Kier molecular flexibility index (Phi) is 7.04. The first kappa shape index (κ1) is 22.5. The molecule has 0 fully saturated rings. The number of hydrogen-bond acceptors (Lipinski definition) is 7. The van der Waals surface area contributed by atoms with Crippen LogP contribution in [0.15, 0.2) is 78.2 Å². The number of carbonyl (C=O) groups excluding carboxylic acids is 1. The highest BCUT2D eigenvalue weighted by molar-refractivity contribution is 8.00. The van der Waals surface area contributed by atoms with Gasteiger partial charge in [0, 0.05) is 23.5 Å². The van der Waals surface area contributed by atoms with E-state index in [9.17, 15) is 4.79 Å². The van der Waals surface area contributed by atoms with Gasteiger partial charge in [-0.25, -0.2) is 0 Å². The smallest absolute Gasteiger partial charge is 0.192 e. The minimum Gasteiger partial charge on any atom is -0.493 e. The molecule has 0 aliphatic heterocycles. The number of ether oxygens (including phenoxy) is 2. The molecule has 0 aliphatic rings. The van der Waals surface area contributed by atoms with Crippen molar-refractivity contribution in [3.05, 3.63) is 84.2 Å². The fraction of sp³-hybridized carbons (Fsp3) is 0.200. The molecule has 2 aromatic heterocycles. The zero-order valence-corrected chi connectivity index (χ0v) is 19.5. The Bertz CT molecular complexity index is 1230. The van der Waals surface area contributed by atoms with Crippen molar-refractivity contribution in [1.82, 2.24) is 19.7 Å². The average molecular weight is 461 g/mol. The molecule has 8 heteroatoms. The molecule has 2 heterocycles. The molecule has 1 atom stereocenters. The molecule has 0 amide bonds. The highest BCUT2D eigenvalue weighted by Gasteiger charge is 2.23. The van der Waals surface area contributed by atoms with E-state index in [-0.39, 0.29) is 11.0 Å². The van der Waals surface area contributed by atoms with E-state index in [1.54, 1.807) is 44.8 Å². The molecule has 0 bridgehead atoms. The second kappa shape index (κ2) is 10.3. The third kappa shape index (κ3) is 5.06. The number of pyridine rings is 1. The van der Waals surface area contributed by atoms with Crippen LogP contribution < -0.4 is 9.47 Å². The van der Waals surface area contributed by atoms with E-state index in [1.807, 2.05) is 41.8 Å². The lowest BCUT2D eigenvalue weighted by atomic mass is 10.1. The van der Waals surface area contributed by atoms with Gasteiger partial charge >= 0.3 is 0 Å². The number of ketones is 1. The molecule has 2 aromatic carbocycles. The predicted octanol–water partition coefficient (Wildman–Crippen LogP) is 4.77. The molecule has 0 radical (unpaired) electrons. The number of thioether (sulfide) groups is 1. The minimum absolute atomic E-state index is 0.0295. The summed E-state index contributed by atoms with van der Waals surface area (Å²) in [5.74, 6) is 1.78. The lowest BCUT2D eigenvalue weighted by Crippen LogP contribution is -2.15. The van der Waals surface area contributed by atoms with Gasteiger partial charge in [-0.1, -0.05) is 42.1 Å². The van der Waals surface area contributed by atoms with Crippen LogP contribution in [0.2, 0.25) is 0 Å². The van der Waals surface area contributed by atoms with Crippen LogP contribution in [0, 0.1) is 0 Å². The quantitative estimate of drug-likeness (QED) is 0.263. The Morgan fingerprint density at radius 1 is 1.00 bits per heavy atom. The third-order valence-electron chi connectivity index (χ3n) is 5.14. The summed E-state index contributed by atoms with van der Waals surface area (Å²) >= 11 is 1.38. The van der Waals surface area contributed by atoms with E-state index in [1.165, 1.54) is 11.8 Å². The lowest BCUT2D eigenvalue weighted by Gasteiger charge is -2.14. The third-order valence-corrected chi connectivity index (χ3v) is 6.22. The topological polar surface area (TPSA) is 79.1 Å².